The summed E-state index contributed by atoms with van der Waals surface area (Å²) in [5.41, 5.74) is 5.24. The lowest BCUT2D eigenvalue weighted by molar-refractivity contribution is 0.0365. The Bertz CT molecular complexity index is 993. The minimum absolute atomic E-state index is 0.0331. The van der Waals surface area contributed by atoms with E-state index in [1.807, 2.05) is 18.2 Å². The summed E-state index contributed by atoms with van der Waals surface area (Å²) in [5, 5.41) is 5.63. The molecule has 1 aliphatic rings. The fourth-order valence-corrected chi connectivity index (χ4v) is 3.82. The Balaban J connectivity index is 1.61. The third kappa shape index (κ3) is 3.03. The van der Waals surface area contributed by atoms with Crippen LogP contribution in [0.4, 0.5) is 0 Å². The van der Waals surface area contributed by atoms with Crippen molar-refractivity contribution in [1.29, 1.82) is 0 Å². The number of aromatic nitrogens is 1. The van der Waals surface area contributed by atoms with Gasteiger partial charge in [0.1, 0.15) is 6.10 Å². The zero-order chi connectivity index (χ0) is 18.3. The molecule has 1 unspecified atom stereocenters. The molecule has 1 atom stereocenters. The van der Waals surface area contributed by atoms with E-state index in [4.69, 9.17) is 9.82 Å². The number of hydrogen-bond acceptors (Lipinski definition) is 3. The first-order chi connectivity index (χ1) is 12.4. The number of benzene rings is 2. The maximum Gasteiger partial charge on any atom is 0.143 e. The molecule has 1 aliphatic heterocycles. The van der Waals surface area contributed by atoms with Gasteiger partial charge in [0.05, 0.1) is 16.6 Å². The molecule has 0 radical (unpaired) electrons. The molecule has 2 heterocycles. The van der Waals surface area contributed by atoms with Crippen LogP contribution in [0.3, 0.4) is 0 Å². The van der Waals surface area contributed by atoms with Gasteiger partial charge in [-0.2, -0.15) is 0 Å². The highest BCUT2D eigenvalue weighted by Gasteiger charge is 2.42. The van der Waals surface area contributed by atoms with Gasteiger partial charge in [0, 0.05) is 27.5 Å². The molecule has 0 aliphatic carbocycles. The molecule has 3 aromatic rings. The minimum Gasteiger partial charge on any atom is -0.391 e. The predicted molar refractivity (Wildman–Crippen MR) is 110 cm³/mol. The maximum atomic E-state index is 5.86. The monoisotopic (exact) mass is 408 g/mol. The number of hydrogen-bond donors (Lipinski definition) is 0. The van der Waals surface area contributed by atoms with Gasteiger partial charge in [-0.3, -0.25) is 4.98 Å². The average molecular weight is 409 g/mol. The number of rotatable bonds is 3. The zero-order valence-corrected chi connectivity index (χ0v) is 16.7. The highest BCUT2D eigenvalue weighted by Crippen LogP contribution is 2.37. The minimum atomic E-state index is -0.185. The number of fused-ring (bicyclic) bond motifs is 1. The first-order valence-corrected chi connectivity index (χ1v) is 9.60. The van der Waals surface area contributed by atoms with Crippen LogP contribution in [0, 0.1) is 12.3 Å². The van der Waals surface area contributed by atoms with E-state index in [9.17, 15) is 0 Å². The molecule has 132 valence electrons. The van der Waals surface area contributed by atoms with Crippen LogP contribution in [0.5, 0.6) is 0 Å². The summed E-state index contributed by atoms with van der Waals surface area (Å²) in [7, 11) is 0. The quantitative estimate of drug-likeness (QED) is 0.558. The Morgan fingerprint density at radius 2 is 1.81 bits per heavy atom. The average Bonchev–Trinajstić information content (AvgIpc) is 2.90. The number of aryl methyl sites for hydroxylation is 1. The van der Waals surface area contributed by atoms with E-state index in [1.165, 1.54) is 10.9 Å². The van der Waals surface area contributed by atoms with Gasteiger partial charge in [0.15, 0.2) is 0 Å². The molecule has 0 amide bonds. The maximum absolute atomic E-state index is 5.86. The van der Waals surface area contributed by atoms with Crippen molar-refractivity contribution in [2.24, 2.45) is 10.6 Å². The van der Waals surface area contributed by atoms with Gasteiger partial charge in [0.25, 0.3) is 0 Å². The van der Waals surface area contributed by atoms with E-state index in [0.29, 0.717) is 0 Å². The van der Waals surface area contributed by atoms with Crippen LogP contribution in [0.1, 0.15) is 30.7 Å². The van der Waals surface area contributed by atoms with E-state index in [0.717, 1.165) is 33.4 Å². The lowest BCUT2D eigenvalue weighted by Crippen LogP contribution is -2.35. The third-order valence-electron chi connectivity index (χ3n) is 5.17. The van der Waals surface area contributed by atoms with Crippen LogP contribution in [-0.4, -0.2) is 16.8 Å². The molecule has 26 heavy (non-hydrogen) atoms. The van der Waals surface area contributed by atoms with Crippen molar-refractivity contribution >= 4 is 32.5 Å². The molecule has 0 N–H and O–H groups in total. The summed E-state index contributed by atoms with van der Waals surface area (Å²) < 4.78 is 1.06. The van der Waals surface area contributed by atoms with E-state index < -0.39 is 0 Å². The first kappa shape index (κ1) is 17.2. The Labute approximate surface area is 162 Å². The van der Waals surface area contributed by atoms with Crippen LogP contribution >= 0.6 is 15.9 Å². The SMILES string of the molecule is Cc1cc(CC2ON=C(c3ccc(Br)cc3)C2(C)C)nc2ccccc12. The first-order valence-electron chi connectivity index (χ1n) is 8.80. The molecular formula is C22H21BrN2O. The molecule has 4 rings (SSSR count). The molecule has 0 spiro atoms. The van der Waals surface area contributed by atoms with Gasteiger partial charge in [-0.15, -0.1) is 0 Å². The summed E-state index contributed by atoms with van der Waals surface area (Å²) in [6, 6.07) is 18.7. The lowest BCUT2D eigenvalue weighted by Gasteiger charge is -2.26. The summed E-state index contributed by atoms with van der Waals surface area (Å²) in [5.74, 6) is 0. The summed E-state index contributed by atoms with van der Waals surface area (Å²) in [4.78, 5) is 10.7. The second-order valence-electron chi connectivity index (χ2n) is 7.41. The Hall–Kier alpha value is -2.20. The summed E-state index contributed by atoms with van der Waals surface area (Å²) >= 11 is 3.49. The van der Waals surface area contributed by atoms with Crippen molar-refractivity contribution in [2.75, 3.05) is 0 Å². The largest absolute Gasteiger partial charge is 0.391 e. The van der Waals surface area contributed by atoms with Gasteiger partial charge in [0.2, 0.25) is 0 Å². The summed E-state index contributed by atoms with van der Waals surface area (Å²) in [6.07, 6.45) is 0.705. The molecule has 4 heteroatoms. The zero-order valence-electron chi connectivity index (χ0n) is 15.2. The fourth-order valence-electron chi connectivity index (χ4n) is 3.56. The van der Waals surface area contributed by atoms with Gasteiger partial charge in [-0.25, -0.2) is 0 Å². The van der Waals surface area contributed by atoms with Crippen LogP contribution < -0.4 is 0 Å². The predicted octanol–water partition coefficient (Wildman–Crippen LogP) is 5.68. The smallest absolute Gasteiger partial charge is 0.143 e. The normalized spacial score (nSPS) is 18.6. The topological polar surface area (TPSA) is 34.5 Å². The van der Waals surface area contributed by atoms with Crippen LogP contribution in [0.15, 0.2) is 64.2 Å². The Morgan fingerprint density at radius 3 is 2.58 bits per heavy atom. The van der Waals surface area contributed by atoms with Crippen molar-refractivity contribution < 1.29 is 4.84 Å². The molecule has 2 aromatic carbocycles. The van der Waals surface area contributed by atoms with Gasteiger partial charge in [-0.05, 0) is 36.8 Å². The molecule has 0 saturated heterocycles. The van der Waals surface area contributed by atoms with Crippen molar-refractivity contribution in [1.82, 2.24) is 4.98 Å². The molecular weight excluding hydrogens is 388 g/mol. The molecule has 0 saturated carbocycles. The van der Waals surface area contributed by atoms with E-state index in [2.05, 4.69) is 78.3 Å². The van der Waals surface area contributed by atoms with Crippen LogP contribution in [0.2, 0.25) is 0 Å². The Kier molecular flexibility index (Phi) is 4.31. The van der Waals surface area contributed by atoms with Gasteiger partial charge >= 0.3 is 0 Å². The highest BCUT2D eigenvalue weighted by molar-refractivity contribution is 9.10. The third-order valence-corrected chi connectivity index (χ3v) is 5.70. The van der Waals surface area contributed by atoms with Crippen molar-refractivity contribution in [3.63, 3.8) is 0 Å². The van der Waals surface area contributed by atoms with Crippen LogP contribution in [-0.2, 0) is 11.3 Å². The highest BCUT2D eigenvalue weighted by atomic mass is 79.9. The van der Waals surface area contributed by atoms with Crippen molar-refractivity contribution in [3.8, 4) is 0 Å². The lowest BCUT2D eigenvalue weighted by atomic mass is 9.77. The summed E-state index contributed by atoms with van der Waals surface area (Å²) in [6.45, 7) is 6.52. The Morgan fingerprint density at radius 1 is 1.08 bits per heavy atom. The molecule has 3 nitrogen and oxygen atoms in total. The van der Waals surface area contributed by atoms with E-state index >= 15 is 0 Å². The number of nitrogens with zero attached hydrogens (tertiary/aromatic N) is 2. The van der Waals surface area contributed by atoms with Crippen LogP contribution in [0.25, 0.3) is 10.9 Å². The molecule has 0 fully saturated rings. The number of oxime groups is 1. The van der Waals surface area contributed by atoms with Gasteiger partial charge < -0.3 is 4.84 Å². The van der Waals surface area contributed by atoms with Crippen molar-refractivity contribution in [3.05, 3.63) is 75.9 Å². The van der Waals surface area contributed by atoms with Gasteiger partial charge in [-0.1, -0.05) is 65.3 Å². The number of para-hydroxylation sites is 1. The molecule has 1 aromatic heterocycles. The van der Waals surface area contributed by atoms with E-state index in [1.54, 1.807) is 0 Å². The number of halogens is 1. The molecule has 0 bridgehead atoms. The fraction of sp³-hybridized carbons (Fsp3) is 0.273. The number of pyridine rings is 1. The van der Waals surface area contributed by atoms with Crippen molar-refractivity contribution in [2.45, 2.75) is 33.3 Å². The second kappa shape index (κ2) is 6.51. The second-order valence-corrected chi connectivity index (χ2v) is 8.33. The van der Waals surface area contributed by atoms with E-state index in [-0.39, 0.29) is 11.5 Å². The standard InChI is InChI=1S/C22H21BrN2O/c1-14-12-17(24-19-7-5-4-6-18(14)19)13-20-22(2,3)21(25-26-20)15-8-10-16(23)11-9-15/h4-12,20H,13H2,1-3H3.